The molecule has 1 saturated heterocycles. The van der Waals surface area contributed by atoms with Crippen LogP contribution in [0.2, 0.25) is 0 Å². The van der Waals surface area contributed by atoms with Crippen LogP contribution in [0.3, 0.4) is 0 Å². The summed E-state index contributed by atoms with van der Waals surface area (Å²) < 4.78 is 5.50. The average molecular weight is 343 g/mol. The van der Waals surface area contributed by atoms with Crippen molar-refractivity contribution in [2.75, 3.05) is 46.9 Å². The first-order chi connectivity index (χ1) is 12.1. The number of carbonyl (C=O) groups excluding carboxylic acids is 1. The van der Waals surface area contributed by atoms with Crippen molar-refractivity contribution < 1.29 is 9.53 Å². The molecular formula is C20H29N3O2. The number of carbonyl (C=O) groups is 1. The highest BCUT2D eigenvalue weighted by Gasteiger charge is 2.35. The summed E-state index contributed by atoms with van der Waals surface area (Å²) in [5.74, 6) is 0. The van der Waals surface area contributed by atoms with Gasteiger partial charge in [0.15, 0.2) is 0 Å². The van der Waals surface area contributed by atoms with Gasteiger partial charge in [-0.25, -0.2) is 4.79 Å². The van der Waals surface area contributed by atoms with Crippen LogP contribution in [0.4, 0.5) is 4.79 Å². The van der Waals surface area contributed by atoms with E-state index in [1.165, 1.54) is 11.1 Å². The third-order valence-corrected chi connectivity index (χ3v) is 5.52. The van der Waals surface area contributed by atoms with E-state index in [9.17, 15) is 4.79 Å². The van der Waals surface area contributed by atoms with E-state index >= 15 is 0 Å². The monoisotopic (exact) mass is 343 g/mol. The molecule has 2 heterocycles. The molecule has 3 rings (SSSR count). The Labute approximate surface area is 150 Å². The standard InChI is InChI=1S/C20H29N3O2/c1-22(2)20(10-13-25-14-11-20)16-21-19(24)23-12-6-9-18(15-23)17-7-4-3-5-8-17/h3-5,7-9H,6,10-16H2,1-2H3,(H,21,24). The second-order valence-electron chi connectivity index (χ2n) is 7.20. The number of hydrogen-bond acceptors (Lipinski definition) is 3. The molecule has 2 amide bonds. The lowest BCUT2D eigenvalue weighted by molar-refractivity contribution is -0.00617. The zero-order valence-electron chi connectivity index (χ0n) is 15.3. The van der Waals surface area contributed by atoms with Gasteiger partial charge >= 0.3 is 6.03 Å². The van der Waals surface area contributed by atoms with Crippen LogP contribution in [0.25, 0.3) is 5.57 Å². The second-order valence-corrected chi connectivity index (χ2v) is 7.20. The Hall–Kier alpha value is -1.85. The second kappa shape index (κ2) is 8.02. The van der Waals surface area contributed by atoms with E-state index in [-0.39, 0.29) is 11.6 Å². The van der Waals surface area contributed by atoms with E-state index in [1.807, 2.05) is 23.1 Å². The van der Waals surface area contributed by atoms with Gasteiger partial charge < -0.3 is 19.9 Å². The highest BCUT2D eigenvalue weighted by molar-refractivity contribution is 5.79. The molecule has 0 saturated carbocycles. The molecule has 0 bridgehead atoms. The Morgan fingerprint density at radius 2 is 1.96 bits per heavy atom. The first-order valence-electron chi connectivity index (χ1n) is 9.13. The minimum atomic E-state index is 0.00178. The van der Waals surface area contributed by atoms with Crippen LogP contribution >= 0.6 is 0 Å². The maximum Gasteiger partial charge on any atom is 0.317 e. The van der Waals surface area contributed by atoms with E-state index < -0.39 is 0 Å². The quantitative estimate of drug-likeness (QED) is 0.914. The van der Waals surface area contributed by atoms with Gasteiger partial charge in [-0.2, -0.15) is 0 Å². The van der Waals surface area contributed by atoms with E-state index in [4.69, 9.17) is 4.74 Å². The number of ether oxygens (including phenoxy) is 1. The third kappa shape index (κ3) is 4.22. The molecule has 2 aliphatic heterocycles. The Bertz CT molecular complexity index is 607. The largest absolute Gasteiger partial charge is 0.381 e. The topological polar surface area (TPSA) is 44.8 Å². The van der Waals surface area contributed by atoms with Crippen LogP contribution < -0.4 is 5.32 Å². The van der Waals surface area contributed by atoms with E-state index in [0.29, 0.717) is 13.1 Å². The number of likely N-dealkylation sites (N-methyl/N-ethyl adjacent to an activating group) is 1. The van der Waals surface area contributed by atoms with Gasteiger partial charge in [0.2, 0.25) is 0 Å². The zero-order valence-corrected chi connectivity index (χ0v) is 15.3. The summed E-state index contributed by atoms with van der Waals surface area (Å²) in [6.07, 6.45) is 5.06. The van der Waals surface area contributed by atoms with E-state index in [1.54, 1.807) is 0 Å². The summed E-state index contributed by atoms with van der Waals surface area (Å²) in [5.41, 5.74) is 2.44. The summed E-state index contributed by atoms with van der Waals surface area (Å²) in [7, 11) is 4.18. The highest BCUT2D eigenvalue weighted by Crippen LogP contribution is 2.25. The summed E-state index contributed by atoms with van der Waals surface area (Å²) in [5, 5.41) is 3.18. The van der Waals surface area contributed by atoms with Crippen molar-refractivity contribution in [3.63, 3.8) is 0 Å². The number of rotatable bonds is 4. The molecule has 0 spiro atoms. The molecule has 1 N–H and O–H groups in total. The van der Waals surface area contributed by atoms with Crippen molar-refractivity contribution in [1.82, 2.24) is 15.1 Å². The van der Waals surface area contributed by atoms with Crippen molar-refractivity contribution >= 4 is 11.6 Å². The van der Waals surface area contributed by atoms with Gasteiger partial charge in [0, 0.05) is 38.4 Å². The number of nitrogens with one attached hydrogen (secondary N) is 1. The molecule has 1 fully saturated rings. The molecule has 25 heavy (non-hydrogen) atoms. The van der Waals surface area contributed by atoms with Gasteiger partial charge in [0.1, 0.15) is 0 Å². The molecule has 0 aromatic heterocycles. The van der Waals surface area contributed by atoms with Crippen molar-refractivity contribution in [3.05, 3.63) is 42.0 Å². The van der Waals surface area contributed by atoms with Crippen LogP contribution in [0.5, 0.6) is 0 Å². The predicted octanol–water partition coefficient (Wildman–Crippen LogP) is 2.60. The molecule has 0 aliphatic carbocycles. The van der Waals surface area contributed by atoms with Crippen LogP contribution in [0.1, 0.15) is 24.8 Å². The molecule has 0 unspecified atom stereocenters. The van der Waals surface area contributed by atoms with Crippen LogP contribution in [0.15, 0.2) is 36.4 Å². The third-order valence-electron chi connectivity index (χ3n) is 5.52. The maximum atomic E-state index is 12.7. The summed E-state index contributed by atoms with van der Waals surface area (Å²) in [4.78, 5) is 16.9. The lowest BCUT2D eigenvalue weighted by Gasteiger charge is -2.43. The fourth-order valence-electron chi connectivity index (χ4n) is 3.66. The molecule has 5 nitrogen and oxygen atoms in total. The van der Waals surface area contributed by atoms with Crippen LogP contribution in [0, 0.1) is 0 Å². The first kappa shape index (κ1) is 18.0. The lowest BCUT2D eigenvalue weighted by Crippen LogP contribution is -2.57. The number of hydrogen-bond donors (Lipinski definition) is 1. The Morgan fingerprint density at radius 1 is 1.24 bits per heavy atom. The molecule has 136 valence electrons. The summed E-state index contributed by atoms with van der Waals surface area (Å²) >= 11 is 0. The number of nitrogens with zero attached hydrogens (tertiary/aromatic N) is 2. The van der Waals surface area contributed by atoms with Gasteiger partial charge in [-0.05, 0) is 44.5 Å². The van der Waals surface area contributed by atoms with Crippen molar-refractivity contribution in [3.8, 4) is 0 Å². The Morgan fingerprint density at radius 3 is 2.64 bits per heavy atom. The van der Waals surface area contributed by atoms with E-state index in [0.717, 1.165) is 39.0 Å². The average Bonchev–Trinajstić information content (AvgIpc) is 2.67. The molecule has 1 aromatic rings. The van der Waals surface area contributed by atoms with Gasteiger partial charge in [0.25, 0.3) is 0 Å². The molecular weight excluding hydrogens is 314 g/mol. The van der Waals surface area contributed by atoms with Crippen LogP contribution in [-0.4, -0.2) is 68.3 Å². The molecule has 2 aliphatic rings. The van der Waals surface area contributed by atoms with Gasteiger partial charge in [-0.3, -0.25) is 0 Å². The Balaban J connectivity index is 1.59. The number of urea groups is 1. The SMILES string of the molecule is CN(C)C1(CNC(=O)N2CCC=C(c3ccccc3)C2)CCOCC1. The van der Waals surface area contributed by atoms with Crippen molar-refractivity contribution in [2.45, 2.75) is 24.8 Å². The molecule has 0 atom stereocenters. The lowest BCUT2D eigenvalue weighted by atomic mass is 9.88. The maximum absolute atomic E-state index is 12.7. The van der Waals surface area contributed by atoms with Crippen LogP contribution in [-0.2, 0) is 4.74 Å². The zero-order chi connectivity index (χ0) is 17.7. The molecule has 0 radical (unpaired) electrons. The Kier molecular flexibility index (Phi) is 5.76. The summed E-state index contributed by atoms with van der Waals surface area (Å²) in [6, 6.07) is 10.4. The minimum absolute atomic E-state index is 0.00178. The normalized spacial score (nSPS) is 20.3. The molecule has 1 aromatic carbocycles. The highest BCUT2D eigenvalue weighted by atomic mass is 16.5. The fraction of sp³-hybridized carbons (Fsp3) is 0.550. The fourth-order valence-corrected chi connectivity index (χ4v) is 3.66. The van der Waals surface area contributed by atoms with Gasteiger partial charge in [-0.15, -0.1) is 0 Å². The smallest absolute Gasteiger partial charge is 0.317 e. The van der Waals surface area contributed by atoms with E-state index in [2.05, 4.69) is 42.5 Å². The van der Waals surface area contributed by atoms with Gasteiger partial charge in [-0.1, -0.05) is 36.4 Å². The van der Waals surface area contributed by atoms with Gasteiger partial charge in [0.05, 0.1) is 0 Å². The minimum Gasteiger partial charge on any atom is -0.381 e. The predicted molar refractivity (Wildman–Crippen MR) is 100 cm³/mol. The van der Waals surface area contributed by atoms with Crippen molar-refractivity contribution in [1.29, 1.82) is 0 Å². The summed E-state index contributed by atoms with van der Waals surface area (Å²) in [6.45, 7) is 3.65. The van der Waals surface area contributed by atoms with Crippen molar-refractivity contribution in [2.24, 2.45) is 0 Å². The first-order valence-corrected chi connectivity index (χ1v) is 9.13. The number of amides is 2. The number of benzene rings is 1. The molecule has 5 heteroatoms.